The lowest BCUT2D eigenvalue weighted by Crippen LogP contribution is -2.49. The standard InChI is InChI=1S/C25H24FN3O4S/c1-16(30)27-21-6-2-18(3-7-21)23-10-11-24(31)29-14-17-12-19(25(23)29)15-28(13-17)34(32,33)22-8-4-20(26)5-9-22/h2-11,17,19H,12-15H2,1H3,(H,27,30)/t17-,19-/m0/s1. The summed E-state index contributed by atoms with van der Waals surface area (Å²) in [5, 5.41) is 2.74. The molecule has 7 nitrogen and oxygen atoms in total. The van der Waals surface area contributed by atoms with E-state index >= 15 is 0 Å². The number of pyridine rings is 1. The molecule has 176 valence electrons. The number of nitrogens with zero attached hydrogens (tertiary/aromatic N) is 2. The summed E-state index contributed by atoms with van der Waals surface area (Å²) in [5.41, 5.74) is 3.16. The van der Waals surface area contributed by atoms with Crippen LogP contribution in [-0.2, 0) is 21.4 Å². The number of rotatable bonds is 4. The number of fused-ring (bicyclic) bond motifs is 4. The molecule has 0 aliphatic carbocycles. The molecule has 2 atom stereocenters. The lowest BCUT2D eigenvalue weighted by molar-refractivity contribution is -0.114. The number of halogens is 1. The van der Waals surface area contributed by atoms with Gasteiger partial charge < -0.3 is 9.88 Å². The molecule has 2 aromatic carbocycles. The first-order chi connectivity index (χ1) is 16.2. The molecule has 1 N–H and O–H groups in total. The van der Waals surface area contributed by atoms with Crippen LogP contribution in [0.3, 0.4) is 0 Å². The van der Waals surface area contributed by atoms with Crippen LogP contribution in [0, 0.1) is 11.7 Å². The van der Waals surface area contributed by atoms with Crippen molar-refractivity contribution < 1.29 is 17.6 Å². The summed E-state index contributed by atoms with van der Waals surface area (Å²) in [6, 6.07) is 15.6. The number of carbonyl (C=O) groups is 1. The van der Waals surface area contributed by atoms with E-state index in [0.717, 1.165) is 35.4 Å². The van der Waals surface area contributed by atoms with Crippen molar-refractivity contribution in [3.05, 3.63) is 82.5 Å². The zero-order chi connectivity index (χ0) is 24.0. The lowest BCUT2D eigenvalue weighted by Gasteiger charge is -2.42. The van der Waals surface area contributed by atoms with Crippen LogP contribution in [0.1, 0.15) is 25.0 Å². The van der Waals surface area contributed by atoms with Crippen LogP contribution in [-0.4, -0.2) is 36.3 Å². The maximum atomic E-state index is 13.3. The fourth-order valence-electron chi connectivity index (χ4n) is 5.10. The van der Waals surface area contributed by atoms with Gasteiger partial charge in [-0.25, -0.2) is 12.8 Å². The smallest absolute Gasteiger partial charge is 0.250 e. The molecule has 0 radical (unpaired) electrons. The molecule has 1 fully saturated rings. The molecule has 1 amide bonds. The first kappa shape index (κ1) is 22.5. The number of sulfonamides is 1. The Morgan fingerprint density at radius 1 is 0.971 bits per heavy atom. The fraction of sp³-hybridized carbons (Fsp3) is 0.280. The van der Waals surface area contributed by atoms with E-state index in [-0.39, 0.29) is 34.7 Å². The molecule has 0 unspecified atom stereocenters. The van der Waals surface area contributed by atoms with Crippen LogP contribution in [0.15, 0.2) is 70.4 Å². The Hall–Kier alpha value is -3.30. The maximum absolute atomic E-state index is 13.3. The third-order valence-electron chi connectivity index (χ3n) is 6.52. The van der Waals surface area contributed by atoms with Crippen molar-refractivity contribution in [2.24, 2.45) is 5.92 Å². The highest BCUT2D eigenvalue weighted by Crippen LogP contribution is 2.41. The van der Waals surface area contributed by atoms with Crippen LogP contribution >= 0.6 is 0 Å². The highest BCUT2D eigenvalue weighted by molar-refractivity contribution is 7.89. The molecule has 3 heterocycles. The van der Waals surface area contributed by atoms with Gasteiger partial charge in [0.2, 0.25) is 15.9 Å². The van der Waals surface area contributed by atoms with Crippen LogP contribution in [0.25, 0.3) is 11.1 Å². The highest BCUT2D eigenvalue weighted by atomic mass is 32.2. The van der Waals surface area contributed by atoms with Crippen LogP contribution in [0.5, 0.6) is 0 Å². The minimum Gasteiger partial charge on any atom is -0.326 e. The van der Waals surface area contributed by atoms with Gasteiger partial charge in [0.05, 0.1) is 4.90 Å². The van der Waals surface area contributed by atoms with E-state index in [0.29, 0.717) is 18.8 Å². The third-order valence-corrected chi connectivity index (χ3v) is 8.37. The number of anilines is 1. The van der Waals surface area contributed by atoms with Gasteiger partial charge in [-0.3, -0.25) is 9.59 Å². The summed E-state index contributed by atoms with van der Waals surface area (Å²) < 4.78 is 43.2. The first-order valence-electron chi connectivity index (χ1n) is 11.1. The van der Waals surface area contributed by atoms with Gasteiger partial charge >= 0.3 is 0 Å². The molecular weight excluding hydrogens is 457 g/mol. The number of hydrogen-bond donors (Lipinski definition) is 1. The second-order valence-corrected chi connectivity index (χ2v) is 10.9. The van der Waals surface area contributed by atoms with E-state index in [2.05, 4.69) is 5.32 Å². The van der Waals surface area contributed by atoms with E-state index in [4.69, 9.17) is 0 Å². The number of benzene rings is 2. The van der Waals surface area contributed by atoms with Crippen molar-refractivity contribution in [1.82, 2.24) is 8.87 Å². The van der Waals surface area contributed by atoms with Crippen molar-refractivity contribution in [3.8, 4) is 11.1 Å². The average Bonchev–Trinajstić information content (AvgIpc) is 2.80. The summed E-state index contributed by atoms with van der Waals surface area (Å²) >= 11 is 0. The Labute approximate surface area is 196 Å². The Balaban J connectivity index is 1.52. The SMILES string of the molecule is CC(=O)Nc1ccc(-c2ccc(=O)n3c2[C@H]2C[C@@H](CN(S(=O)(=O)c4ccc(F)cc4)C2)C3)cc1. The van der Waals surface area contributed by atoms with Gasteiger partial charge in [0.15, 0.2) is 0 Å². The molecule has 9 heteroatoms. The Bertz CT molecular complexity index is 1420. The van der Waals surface area contributed by atoms with Crippen molar-refractivity contribution >= 4 is 21.6 Å². The minimum atomic E-state index is -3.79. The number of nitrogens with one attached hydrogen (secondary N) is 1. The quantitative estimate of drug-likeness (QED) is 0.619. The zero-order valence-corrected chi connectivity index (χ0v) is 19.4. The molecule has 0 saturated carbocycles. The van der Waals surface area contributed by atoms with Gasteiger partial charge in [0.25, 0.3) is 5.56 Å². The summed E-state index contributed by atoms with van der Waals surface area (Å²) in [4.78, 5) is 24.1. The van der Waals surface area contributed by atoms with E-state index in [1.54, 1.807) is 28.8 Å². The third kappa shape index (κ3) is 4.05. The summed E-state index contributed by atoms with van der Waals surface area (Å²) in [6.07, 6.45) is 0.788. The summed E-state index contributed by atoms with van der Waals surface area (Å²) in [6.45, 7) is 2.45. The Morgan fingerprint density at radius 2 is 1.68 bits per heavy atom. The molecule has 2 aliphatic heterocycles. The second kappa shape index (κ2) is 8.48. The van der Waals surface area contributed by atoms with E-state index in [1.165, 1.54) is 23.4 Å². The largest absolute Gasteiger partial charge is 0.326 e. The first-order valence-corrected chi connectivity index (χ1v) is 12.5. The van der Waals surface area contributed by atoms with Crippen molar-refractivity contribution in [3.63, 3.8) is 0 Å². The normalized spacial score (nSPS) is 19.9. The maximum Gasteiger partial charge on any atom is 0.250 e. The van der Waals surface area contributed by atoms with Gasteiger partial charge in [-0.2, -0.15) is 4.31 Å². The van der Waals surface area contributed by atoms with Gasteiger partial charge in [-0.05, 0) is 60.4 Å². The van der Waals surface area contributed by atoms with E-state index in [9.17, 15) is 22.4 Å². The Morgan fingerprint density at radius 3 is 2.35 bits per heavy atom. The number of carbonyl (C=O) groups excluding carboxylic acids is 1. The van der Waals surface area contributed by atoms with Gasteiger partial charge in [0, 0.05) is 55.5 Å². The Kier molecular flexibility index (Phi) is 5.61. The number of hydrogen-bond acceptors (Lipinski definition) is 4. The molecule has 2 aliphatic rings. The minimum absolute atomic E-state index is 0.0107. The highest BCUT2D eigenvalue weighted by Gasteiger charge is 2.40. The lowest BCUT2D eigenvalue weighted by atomic mass is 9.81. The number of aromatic nitrogens is 1. The van der Waals surface area contributed by atoms with Gasteiger partial charge in [-0.15, -0.1) is 0 Å². The molecule has 5 rings (SSSR count). The molecule has 34 heavy (non-hydrogen) atoms. The fourth-order valence-corrected chi connectivity index (χ4v) is 6.66. The monoisotopic (exact) mass is 481 g/mol. The average molecular weight is 482 g/mol. The molecular formula is C25H24FN3O4S. The molecule has 1 aromatic heterocycles. The zero-order valence-electron chi connectivity index (χ0n) is 18.6. The summed E-state index contributed by atoms with van der Waals surface area (Å²) in [7, 11) is -3.79. The van der Waals surface area contributed by atoms with E-state index < -0.39 is 15.8 Å². The van der Waals surface area contributed by atoms with Crippen LogP contribution < -0.4 is 10.9 Å². The molecule has 0 spiro atoms. The number of piperidine rings is 1. The van der Waals surface area contributed by atoms with Crippen molar-refractivity contribution in [2.75, 3.05) is 18.4 Å². The van der Waals surface area contributed by atoms with Crippen molar-refractivity contribution in [1.29, 1.82) is 0 Å². The van der Waals surface area contributed by atoms with Crippen molar-refractivity contribution in [2.45, 2.75) is 30.7 Å². The van der Waals surface area contributed by atoms with E-state index in [1.807, 2.05) is 12.1 Å². The predicted octanol–water partition coefficient (Wildman–Crippen LogP) is 3.42. The molecule has 3 aromatic rings. The molecule has 1 saturated heterocycles. The summed E-state index contributed by atoms with van der Waals surface area (Å²) in [5.74, 6) is -0.790. The van der Waals surface area contributed by atoms with Gasteiger partial charge in [0.1, 0.15) is 5.82 Å². The molecule has 2 bridgehead atoms. The second-order valence-electron chi connectivity index (χ2n) is 8.91. The topological polar surface area (TPSA) is 88.5 Å². The van der Waals surface area contributed by atoms with Crippen LogP contribution in [0.2, 0.25) is 0 Å². The number of amides is 1. The predicted molar refractivity (Wildman–Crippen MR) is 126 cm³/mol. The van der Waals surface area contributed by atoms with Crippen LogP contribution in [0.4, 0.5) is 10.1 Å². The van der Waals surface area contributed by atoms with Gasteiger partial charge in [-0.1, -0.05) is 12.1 Å².